The second kappa shape index (κ2) is 9.19. The monoisotopic (exact) mass is 427 g/mol. The Morgan fingerprint density at radius 2 is 1.67 bits per heavy atom. The number of amides is 2. The fraction of sp³-hybridized carbons (Fsp3) is 0.333. The molecule has 3 aromatic rings. The van der Waals surface area contributed by atoms with Crippen molar-refractivity contribution in [2.75, 3.05) is 30.8 Å². The molecule has 8 nitrogen and oxygen atoms in total. The van der Waals surface area contributed by atoms with Gasteiger partial charge in [0.15, 0.2) is 10.9 Å². The highest BCUT2D eigenvalue weighted by molar-refractivity contribution is 7.14. The van der Waals surface area contributed by atoms with Crippen LogP contribution in [0, 0.1) is 27.7 Å². The van der Waals surface area contributed by atoms with Crippen LogP contribution < -0.4 is 10.6 Å². The number of nitrogens with one attached hydrogen (secondary N) is 2. The highest BCUT2D eigenvalue weighted by Crippen LogP contribution is 2.31. The van der Waals surface area contributed by atoms with Crippen LogP contribution in [0.4, 0.5) is 10.9 Å². The number of hydrogen-bond acceptors (Lipinski definition) is 7. The molecule has 9 heteroatoms. The predicted octanol–water partition coefficient (Wildman–Crippen LogP) is 3.54. The van der Waals surface area contributed by atoms with E-state index in [-0.39, 0.29) is 24.9 Å². The van der Waals surface area contributed by atoms with Gasteiger partial charge in [0.25, 0.3) is 0 Å². The number of hydrogen-bond donors (Lipinski definition) is 2. The van der Waals surface area contributed by atoms with Crippen molar-refractivity contribution < 1.29 is 14.1 Å². The highest BCUT2D eigenvalue weighted by atomic mass is 32.1. The lowest BCUT2D eigenvalue weighted by Gasteiger charge is -2.14. The first-order chi connectivity index (χ1) is 14.2. The van der Waals surface area contributed by atoms with E-state index in [0.717, 1.165) is 22.4 Å². The molecule has 0 fully saturated rings. The average Bonchev–Trinajstić information content (AvgIpc) is 3.22. The Bertz CT molecular complexity index is 1050. The molecular formula is C21H25N5O3S. The van der Waals surface area contributed by atoms with Crippen molar-refractivity contribution in [3.05, 3.63) is 46.0 Å². The third-order valence-corrected chi connectivity index (χ3v) is 5.16. The number of anilines is 2. The number of carbonyl (C=O) groups is 2. The van der Waals surface area contributed by atoms with Gasteiger partial charge in [0.2, 0.25) is 11.8 Å². The minimum Gasteiger partial charge on any atom is -0.360 e. The van der Waals surface area contributed by atoms with Gasteiger partial charge in [0.1, 0.15) is 5.76 Å². The fourth-order valence-electron chi connectivity index (χ4n) is 3.34. The SMILES string of the molecule is Cc1cc(C)c(-c2csc(NC(=O)CN(C)CC(=O)Nc3cc(C)on3)n2)c(C)c1. The van der Waals surface area contributed by atoms with Crippen molar-refractivity contribution in [2.24, 2.45) is 0 Å². The summed E-state index contributed by atoms with van der Waals surface area (Å²) < 4.78 is 4.91. The van der Waals surface area contributed by atoms with Gasteiger partial charge in [-0.25, -0.2) is 4.98 Å². The van der Waals surface area contributed by atoms with Crippen LogP contribution in [0.1, 0.15) is 22.5 Å². The second-order valence-corrected chi connectivity index (χ2v) is 8.26. The van der Waals surface area contributed by atoms with Crippen molar-refractivity contribution in [3.8, 4) is 11.3 Å². The van der Waals surface area contributed by atoms with Crippen molar-refractivity contribution in [1.82, 2.24) is 15.0 Å². The summed E-state index contributed by atoms with van der Waals surface area (Å²) in [7, 11) is 1.69. The van der Waals surface area contributed by atoms with E-state index < -0.39 is 0 Å². The van der Waals surface area contributed by atoms with E-state index in [1.807, 2.05) is 5.38 Å². The molecule has 1 aromatic carbocycles. The number of rotatable bonds is 7. The van der Waals surface area contributed by atoms with Gasteiger partial charge in [0.05, 0.1) is 18.8 Å². The fourth-order valence-corrected chi connectivity index (χ4v) is 4.06. The molecule has 2 N–H and O–H groups in total. The lowest BCUT2D eigenvalue weighted by molar-refractivity contribution is -0.119. The number of aryl methyl sites for hydroxylation is 4. The first-order valence-corrected chi connectivity index (χ1v) is 10.3. The van der Waals surface area contributed by atoms with Crippen LogP contribution in [0.15, 0.2) is 28.1 Å². The Balaban J connectivity index is 1.54. The van der Waals surface area contributed by atoms with Gasteiger partial charge in [-0.2, -0.15) is 0 Å². The summed E-state index contributed by atoms with van der Waals surface area (Å²) in [5.41, 5.74) is 5.46. The van der Waals surface area contributed by atoms with Crippen LogP contribution >= 0.6 is 11.3 Å². The number of carbonyl (C=O) groups excluding carboxylic acids is 2. The van der Waals surface area contributed by atoms with Gasteiger partial charge in [0, 0.05) is 17.0 Å². The van der Waals surface area contributed by atoms with E-state index in [4.69, 9.17) is 4.52 Å². The lowest BCUT2D eigenvalue weighted by atomic mass is 9.98. The maximum absolute atomic E-state index is 12.3. The van der Waals surface area contributed by atoms with Gasteiger partial charge in [-0.15, -0.1) is 11.3 Å². The molecule has 0 saturated heterocycles. The number of benzene rings is 1. The maximum atomic E-state index is 12.3. The van der Waals surface area contributed by atoms with Crippen molar-refractivity contribution >= 4 is 34.1 Å². The Hall–Kier alpha value is -3.04. The molecule has 30 heavy (non-hydrogen) atoms. The molecule has 2 aromatic heterocycles. The van der Waals surface area contributed by atoms with E-state index in [0.29, 0.717) is 16.7 Å². The van der Waals surface area contributed by atoms with Gasteiger partial charge >= 0.3 is 0 Å². The Labute approximate surface area is 179 Å². The summed E-state index contributed by atoms with van der Waals surface area (Å²) in [4.78, 5) is 30.6. The number of aromatic nitrogens is 2. The Morgan fingerprint density at radius 3 is 2.27 bits per heavy atom. The zero-order valence-corrected chi connectivity index (χ0v) is 18.5. The van der Waals surface area contributed by atoms with Crippen molar-refractivity contribution in [3.63, 3.8) is 0 Å². The van der Waals surface area contributed by atoms with Crippen molar-refractivity contribution in [1.29, 1.82) is 0 Å². The molecule has 0 spiro atoms. The molecule has 2 heterocycles. The van der Waals surface area contributed by atoms with Crippen LogP contribution in [0.5, 0.6) is 0 Å². The zero-order chi connectivity index (χ0) is 21.8. The largest absolute Gasteiger partial charge is 0.360 e. The molecule has 0 unspecified atom stereocenters. The quantitative estimate of drug-likeness (QED) is 0.598. The molecule has 3 rings (SSSR count). The third kappa shape index (κ3) is 5.52. The maximum Gasteiger partial charge on any atom is 0.240 e. The second-order valence-electron chi connectivity index (χ2n) is 7.40. The number of thiazole rings is 1. The van der Waals surface area contributed by atoms with E-state index >= 15 is 0 Å². The van der Waals surface area contributed by atoms with Crippen LogP contribution in [-0.2, 0) is 9.59 Å². The van der Waals surface area contributed by atoms with E-state index in [9.17, 15) is 9.59 Å². The summed E-state index contributed by atoms with van der Waals surface area (Å²) in [6, 6.07) is 5.88. The summed E-state index contributed by atoms with van der Waals surface area (Å²) >= 11 is 1.38. The van der Waals surface area contributed by atoms with E-state index in [1.165, 1.54) is 16.9 Å². The topological polar surface area (TPSA) is 100 Å². The number of likely N-dealkylation sites (N-methyl/N-ethyl adjacent to an activating group) is 1. The summed E-state index contributed by atoms with van der Waals surface area (Å²) in [5.74, 6) is 0.450. The molecule has 2 amide bonds. The summed E-state index contributed by atoms with van der Waals surface area (Å²) in [6.07, 6.45) is 0. The molecular weight excluding hydrogens is 402 g/mol. The molecule has 0 atom stereocenters. The molecule has 158 valence electrons. The molecule has 0 radical (unpaired) electrons. The highest BCUT2D eigenvalue weighted by Gasteiger charge is 2.15. The lowest BCUT2D eigenvalue weighted by Crippen LogP contribution is -2.36. The number of nitrogens with zero attached hydrogens (tertiary/aromatic N) is 3. The third-order valence-electron chi connectivity index (χ3n) is 4.41. The smallest absolute Gasteiger partial charge is 0.240 e. The van der Waals surface area contributed by atoms with Gasteiger partial charge in [-0.3, -0.25) is 14.5 Å². The normalized spacial score (nSPS) is 11.0. The van der Waals surface area contributed by atoms with Gasteiger partial charge in [-0.05, 0) is 45.9 Å². The molecule has 0 bridgehead atoms. The molecule has 0 aliphatic carbocycles. The van der Waals surface area contributed by atoms with E-state index in [1.54, 1.807) is 24.9 Å². The average molecular weight is 428 g/mol. The molecule has 0 saturated carbocycles. The van der Waals surface area contributed by atoms with Gasteiger partial charge < -0.3 is 15.2 Å². The minimum atomic E-state index is -0.277. The summed E-state index contributed by atoms with van der Waals surface area (Å²) in [5, 5.41) is 11.6. The summed E-state index contributed by atoms with van der Waals surface area (Å²) in [6.45, 7) is 8.04. The molecule has 0 aliphatic rings. The standard InChI is InChI=1S/C21H25N5O3S/c1-12-6-13(2)20(14(3)7-12)16-11-30-21(22-16)24-19(28)10-26(5)9-18(27)23-17-8-15(4)29-25-17/h6-8,11H,9-10H2,1-5H3,(H,22,24,28)(H,23,25,27). The van der Waals surface area contributed by atoms with Crippen LogP contribution in [0.3, 0.4) is 0 Å². The van der Waals surface area contributed by atoms with Gasteiger partial charge in [-0.1, -0.05) is 22.9 Å². The first kappa shape index (κ1) is 21.7. The first-order valence-electron chi connectivity index (χ1n) is 9.46. The minimum absolute atomic E-state index is 0.0458. The van der Waals surface area contributed by atoms with Crippen molar-refractivity contribution in [2.45, 2.75) is 27.7 Å². The Kier molecular flexibility index (Phi) is 6.63. The predicted molar refractivity (Wildman–Crippen MR) is 118 cm³/mol. The molecule has 0 aliphatic heterocycles. The van der Waals surface area contributed by atoms with Crippen LogP contribution in [-0.4, -0.2) is 47.0 Å². The Morgan fingerprint density at radius 1 is 1.03 bits per heavy atom. The van der Waals surface area contributed by atoms with Crippen LogP contribution in [0.25, 0.3) is 11.3 Å². The van der Waals surface area contributed by atoms with E-state index in [2.05, 4.69) is 53.7 Å². The zero-order valence-electron chi connectivity index (χ0n) is 17.7. The van der Waals surface area contributed by atoms with Crippen LogP contribution in [0.2, 0.25) is 0 Å².